The van der Waals surface area contributed by atoms with Gasteiger partial charge in [0.25, 0.3) is 0 Å². The van der Waals surface area contributed by atoms with Gasteiger partial charge in [0.15, 0.2) is 0 Å². The molecule has 1 aliphatic heterocycles. The molecule has 2 heterocycles. The second-order valence-corrected chi connectivity index (χ2v) is 6.21. The molecular formula is C17H24N4. The molecule has 0 bridgehead atoms. The lowest BCUT2D eigenvalue weighted by Crippen LogP contribution is -2.52. The smallest absolute Gasteiger partial charge is 0.146 e. The molecule has 112 valence electrons. The second-order valence-electron chi connectivity index (χ2n) is 6.21. The maximum absolute atomic E-state index is 9.49. The van der Waals surface area contributed by atoms with Crippen LogP contribution in [0, 0.1) is 11.3 Å². The fourth-order valence-electron chi connectivity index (χ4n) is 3.60. The van der Waals surface area contributed by atoms with Gasteiger partial charge >= 0.3 is 0 Å². The summed E-state index contributed by atoms with van der Waals surface area (Å²) < 4.78 is 0. The van der Waals surface area contributed by atoms with Crippen molar-refractivity contribution < 1.29 is 0 Å². The number of nitriles is 1. The number of nitrogens with zero attached hydrogens (tertiary/aromatic N) is 4. The van der Waals surface area contributed by atoms with E-state index in [9.17, 15) is 5.26 Å². The van der Waals surface area contributed by atoms with Crippen LogP contribution in [0.1, 0.15) is 43.5 Å². The summed E-state index contributed by atoms with van der Waals surface area (Å²) in [4.78, 5) is 9.67. The average molecular weight is 284 g/mol. The molecule has 1 saturated heterocycles. The van der Waals surface area contributed by atoms with E-state index in [1.165, 1.54) is 24.1 Å². The number of pyridine rings is 1. The fraction of sp³-hybridized carbons (Fsp3) is 0.647. The number of rotatable bonds is 2. The summed E-state index contributed by atoms with van der Waals surface area (Å²) in [5, 5.41) is 9.49. The maximum atomic E-state index is 9.49. The monoisotopic (exact) mass is 284 g/mol. The van der Waals surface area contributed by atoms with Crippen molar-refractivity contribution in [2.75, 3.05) is 31.1 Å². The molecule has 0 spiro atoms. The molecule has 1 unspecified atom stereocenters. The molecule has 0 radical (unpaired) electrons. The van der Waals surface area contributed by atoms with Gasteiger partial charge in [-0.3, -0.25) is 4.90 Å². The van der Waals surface area contributed by atoms with Gasteiger partial charge in [-0.2, -0.15) is 5.26 Å². The normalized spacial score (nSPS) is 22.7. The number of aromatic nitrogens is 1. The molecule has 1 fully saturated rings. The molecule has 21 heavy (non-hydrogen) atoms. The van der Waals surface area contributed by atoms with Crippen LogP contribution in [0.4, 0.5) is 5.82 Å². The van der Waals surface area contributed by atoms with Crippen LogP contribution in [0.2, 0.25) is 0 Å². The van der Waals surface area contributed by atoms with Crippen LogP contribution in [0.25, 0.3) is 0 Å². The molecule has 1 aliphatic carbocycles. The molecule has 2 aliphatic rings. The molecular weight excluding hydrogens is 260 g/mol. The summed E-state index contributed by atoms with van der Waals surface area (Å²) in [6.45, 7) is 8.57. The van der Waals surface area contributed by atoms with E-state index in [0.717, 1.165) is 50.4 Å². The third-order valence-electron chi connectivity index (χ3n) is 4.87. The standard InChI is InChI=1S/C17H24N4/c1-3-20-8-9-21(12-13(20)2)17-15(11-18)10-14-6-4-5-7-16(14)19-17/h10,13H,3-9,12H2,1-2H3. The zero-order chi connectivity index (χ0) is 14.8. The Labute approximate surface area is 127 Å². The predicted molar refractivity (Wildman–Crippen MR) is 84.5 cm³/mol. The third kappa shape index (κ3) is 2.75. The highest BCUT2D eigenvalue weighted by Gasteiger charge is 2.26. The number of fused-ring (bicyclic) bond motifs is 1. The first-order valence-corrected chi connectivity index (χ1v) is 8.14. The molecule has 0 amide bonds. The first-order chi connectivity index (χ1) is 10.2. The van der Waals surface area contributed by atoms with Crippen LogP contribution in [-0.4, -0.2) is 42.1 Å². The van der Waals surface area contributed by atoms with Crippen molar-refractivity contribution in [1.29, 1.82) is 5.26 Å². The van der Waals surface area contributed by atoms with Crippen LogP contribution in [0.3, 0.4) is 0 Å². The van der Waals surface area contributed by atoms with E-state index in [4.69, 9.17) is 4.98 Å². The van der Waals surface area contributed by atoms with E-state index in [-0.39, 0.29) is 0 Å². The second kappa shape index (κ2) is 6.03. The van der Waals surface area contributed by atoms with Gasteiger partial charge in [0, 0.05) is 31.4 Å². The van der Waals surface area contributed by atoms with Crippen molar-refractivity contribution in [3.8, 4) is 6.07 Å². The van der Waals surface area contributed by atoms with Crippen LogP contribution < -0.4 is 4.90 Å². The van der Waals surface area contributed by atoms with Crippen molar-refractivity contribution >= 4 is 5.82 Å². The fourth-order valence-corrected chi connectivity index (χ4v) is 3.60. The minimum absolute atomic E-state index is 0.521. The van der Waals surface area contributed by atoms with Crippen molar-refractivity contribution in [1.82, 2.24) is 9.88 Å². The van der Waals surface area contributed by atoms with Gasteiger partial charge in [-0.05, 0) is 50.8 Å². The molecule has 1 aromatic rings. The van der Waals surface area contributed by atoms with Crippen LogP contribution >= 0.6 is 0 Å². The van der Waals surface area contributed by atoms with Gasteiger partial charge in [-0.15, -0.1) is 0 Å². The quantitative estimate of drug-likeness (QED) is 0.836. The largest absolute Gasteiger partial charge is 0.353 e. The number of hydrogen-bond acceptors (Lipinski definition) is 4. The molecule has 3 rings (SSSR count). The SMILES string of the molecule is CCN1CCN(c2nc3c(cc2C#N)CCCC3)CC1C. The Morgan fingerprint density at radius 1 is 1.33 bits per heavy atom. The Kier molecular flexibility index (Phi) is 4.12. The van der Waals surface area contributed by atoms with Crippen molar-refractivity contribution in [3.63, 3.8) is 0 Å². The van der Waals surface area contributed by atoms with Crippen molar-refractivity contribution in [2.24, 2.45) is 0 Å². The highest BCUT2D eigenvalue weighted by atomic mass is 15.3. The van der Waals surface area contributed by atoms with Gasteiger partial charge in [0.2, 0.25) is 0 Å². The summed E-state index contributed by atoms with van der Waals surface area (Å²) in [5.74, 6) is 0.917. The van der Waals surface area contributed by atoms with E-state index in [2.05, 4.69) is 35.8 Å². The number of piperazine rings is 1. The van der Waals surface area contributed by atoms with E-state index in [1.54, 1.807) is 0 Å². The predicted octanol–water partition coefficient (Wildman–Crippen LogP) is 2.36. The summed E-state index contributed by atoms with van der Waals surface area (Å²) in [6.07, 6.45) is 4.60. The van der Waals surface area contributed by atoms with E-state index < -0.39 is 0 Å². The number of hydrogen-bond donors (Lipinski definition) is 0. The summed E-state index contributed by atoms with van der Waals surface area (Å²) in [5.41, 5.74) is 3.27. The first kappa shape index (κ1) is 14.3. The highest BCUT2D eigenvalue weighted by Crippen LogP contribution is 2.27. The van der Waals surface area contributed by atoms with Crippen molar-refractivity contribution in [3.05, 3.63) is 22.9 Å². The molecule has 0 saturated carbocycles. The van der Waals surface area contributed by atoms with Gasteiger partial charge in [0.05, 0.1) is 5.56 Å². The minimum atomic E-state index is 0.521. The molecule has 0 N–H and O–H groups in total. The number of anilines is 1. The minimum Gasteiger partial charge on any atom is -0.353 e. The van der Waals surface area contributed by atoms with E-state index in [1.807, 2.05) is 0 Å². The zero-order valence-electron chi connectivity index (χ0n) is 13.1. The molecule has 1 aromatic heterocycles. The van der Waals surface area contributed by atoms with Crippen LogP contribution in [-0.2, 0) is 12.8 Å². The summed E-state index contributed by atoms with van der Waals surface area (Å²) in [7, 11) is 0. The van der Waals surface area contributed by atoms with Crippen LogP contribution in [0.15, 0.2) is 6.07 Å². The Morgan fingerprint density at radius 2 is 2.14 bits per heavy atom. The number of aryl methyl sites for hydroxylation is 2. The van der Waals surface area contributed by atoms with Gasteiger partial charge < -0.3 is 4.90 Å². The zero-order valence-corrected chi connectivity index (χ0v) is 13.1. The number of likely N-dealkylation sites (N-methyl/N-ethyl adjacent to an activating group) is 1. The third-order valence-corrected chi connectivity index (χ3v) is 4.87. The maximum Gasteiger partial charge on any atom is 0.146 e. The lowest BCUT2D eigenvalue weighted by Gasteiger charge is -2.40. The Morgan fingerprint density at radius 3 is 2.86 bits per heavy atom. The Bertz CT molecular complexity index is 561. The molecule has 0 aromatic carbocycles. The Balaban J connectivity index is 1.90. The topological polar surface area (TPSA) is 43.2 Å². The first-order valence-electron chi connectivity index (χ1n) is 8.14. The van der Waals surface area contributed by atoms with Crippen LogP contribution in [0.5, 0.6) is 0 Å². The Hall–Kier alpha value is -1.60. The molecule has 4 nitrogen and oxygen atoms in total. The van der Waals surface area contributed by atoms with E-state index in [0.29, 0.717) is 6.04 Å². The van der Waals surface area contributed by atoms with Crippen molar-refractivity contribution in [2.45, 2.75) is 45.6 Å². The molecule has 1 atom stereocenters. The summed E-state index contributed by atoms with van der Waals surface area (Å²) >= 11 is 0. The average Bonchev–Trinajstić information content (AvgIpc) is 2.53. The van der Waals surface area contributed by atoms with E-state index >= 15 is 0 Å². The summed E-state index contributed by atoms with van der Waals surface area (Å²) in [6, 6.07) is 4.98. The molecule has 4 heteroatoms. The lowest BCUT2D eigenvalue weighted by atomic mass is 9.94. The van der Waals surface area contributed by atoms with Gasteiger partial charge in [0.1, 0.15) is 11.9 Å². The lowest BCUT2D eigenvalue weighted by molar-refractivity contribution is 0.199. The highest BCUT2D eigenvalue weighted by molar-refractivity contribution is 5.57. The van der Waals surface area contributed by atoms with Gasteiger partial charge in [-0.1, -0.05) is 6.92 Å². The van der Waals surface area contributed by atoms with Gasteiger partial charge in [-0.25, -0.2) is 4.98 Å².